The molecule has 2 amide bonds. The molecule has 2 N–H and O–H groups in total. The number of halogens is 3. The fraction of sp³-hybridized carbons (Fsp3) is 0.409. The Kier molecular flexibility index (Phi) is 7.26. The van der Waals surface area contributed by atoms with E-state index in [-0.39, 0.29) is 18.3 Å². The van der Waals surface area contributed by atoms with E-state index in [0.717, 1.165) is 11.6 Å². The second kappa shape index (κ2) is 10.2. The van der Waals surface area contributed by atoms with E-state index >= 15 is 0 Å². The highest BCUT2D eigenvalue weighted by atomic mass is 28.3. The minimum atomic E-state index is -4.42. The molecular formula is C22H27F3N8O2Si. The van der Waals surface area contributed by atoms with E-state index in [1.165, 1.54) is 11.1 Å². The third-order valence-corrected chi connectivity index (χ3v) is 6.98. The average molecular weight is 521 g/mol. The van der Waals surface area contributed by atoms with Crippen LogP contribution in [0.25, 0.3) is 11.4 Å². The van der Waals surface area contributed by atoms with E-state index in [1.807, 2.05) is 0 Å². The fourth-order valence-electron chi connectivity index (χ4n) is 3.35. The third kappa shape index (κ3) is 6.57. The van der Waals surface area contributed by atoms with E-state index in [4.69, 9.17) is 4.74 Å². The first-order valence-corrected chi connectivity index (χ1v) is 15.0. The molecule has 0 radical (unpaired) electrons. The highest BCUT2D eigenvalue weighted by molar-refractivity contribution is 6.76. The van der Waals surface area contributed by atoms with E-state index in [1.54, 1.807) is 35.3 Å². The van der Waals surface area contributed by atoms with Crippen LogP contribution < -0.4 is 15.5 Å². The van der Waals surface area contributed by atoms with E-state index in [2.05, 4.69) is 50.3 Å². The number of rotatable bonds is 9. The molecule has 1 aromatic carbocycles. The number of nitrogens with zero attached hydrogens (tertiary/aromatic N) is 6. The van der Waals surface area contributed by atoms with Crippen LogP contribution in [0.2, 0.25) is 25.7 Å². The maximum atomic E-state index is 12.6. The lowest BCUT2D eigenvalue weighted by molar-refractivity contribution is -0.115. The van der Waals surface area contributed by atoms with Crippen molar-refractivity contribution < 1.29 is 22.7 Å². The molecule has 10 nitrogen and oxygen atoms in total. The molecule has 2 aromatic heterocycles. The van der Waals surface area contributed by atoms with Gasteiger partial charge in [0.25, 0.3) is 0 Å². The van der Waals surface area contributed by atoms with Crippen molar-refractivity contribution in [1.29, 1.82) is 0 Å². The van der Waals surface area contributed by atoms with Gasteiger partial charge in [-0.15, -0.1) is 5.10 Å². The summed E-state index contributed by atoms with van der Waals surface area (Å²) in [5.74, 6) is 0.494. The number of fused-ring (bicyclic) bond motifs is 1. The first-order valence-electron chi connectivity index (χ1n) is 11.3. The monoisotopic (exact) mass is 520 g/mol. The number of nitrogens with one attached hydrogen (secondary N) is 2. The minimum Gasteiger partial charge on any atom is -0.359 e. The van der Waals surface area contributed by atoms with Gasteiger partial charge in [0.15, 0.2) is 11.6 Å². The summed E-state index contributed by atoms with van der Waals surface area (Å²) in [4.78, 5) is 26.3. The summed E-state index contributed by atoms with van der Waals surface area (Å²) in [5.41, 5.74) is 1.78. The zero-order valence-electron chi connectivity index (χ0n) is 20.1. The maximum absolute atomic E-state index is 12.6. The number of amides is 2. The summed E-state index contributed by atoms with van der Waals surface area (Å²) in [7, 11) is -1.16. The lowest BCUT2D eigenvalue weighted by Crippen LogP contribution is -2.42. The fourth-order valence-corrected chi connectivity index (χ4v) is 4.11. The zero-order valence-corrected chi connectivity index (χ0v) is 21.1. The van der Waals surface area contributed by atoms with E-state index in [0.29, 0.717) is 30.4 Å². The standard InChI is InChI=1S/C22H27F3N8O2Si/c1-36(2,3)9-8-35-14-32-13-29-18(31-32)15-4-6-17(7-5-15)33-19-16(11-27-21(33)34)10-26-20(30-19)28-12-22(23,24)25/h4-7,10,13H,8-9,11-12,14H2,1-3H3,(H,27,34)(H,26,28,30). The van der Waals surface area contributed by atoms with Crippen LogP contribution in [0.5, 0.6) is 0 Å². The van der Waals surface area contributed by atoms with Gasteiger partial charge in [0, 0.05) is 38.5 Å². The van der Waals surface area contributed by atoms with Crippen LogP contribution in [0, 0.1) is 0 Å². The highest BCUT2D eigenvalue weighted by Gasteiger charge is 2.30. The summed E-state index contributed by atoms with van der Waals surface area (Å²) >= 11 is 0. The molecule has 0 spiro atoms. The predicted octanol–water partition coefficient (Wildman–Crippen LogP) is 4.38. The Labute approximate surface area is 206 Å². The van der Waals surface area contributed by atoms with Crippen LogP contribution >= 0.6 is 0 Å². The molecule has 14 heteroatoms. The predicted molar refractivity (Wildman–Crippen MR) is 131 cm³/mol. The summed E-state index contributed by atoms with van der Waals surface area (Å²) in [5, 5.41) is 9.30. The molecule has 4 rings (SSSR count). The summed E-state index contributed by atoms with van der Waals surface area (Å²) in [6.45, 7) is 6.74. The molecule has 0 unspecified atom stereocenters. The van der Waals surface area contributed by atoms with Gasteiger partial charge in [-0.3, -0.25) is 0 Å². The van der Waals surface area contributed by atoms with Crippen molar-refractivity contribution in [3.05, 3.63) is 42.4 Å². The first kappa shape index (κ1) is 25.6. The van der Waals surface area contributed by atoms with Crippen molar-refractivity contribution in [3.63, 3.8) is 0 Å². The molecule has 1 aliphatic rings. The number of hydrogen-bond donors (Lipinski definition) is 2. The van der Waals surface area contributed by atoms with Crippen molar-refractivity contribution in [2.75, 3.05) is 23.4 Å². The van der Waals surface area contributed by atoms with Gasteiger partial charge in [-0.25, -0.2) is 24.3 Å². The molecule has 3 aromatic rings. The maximum Gasteiger partial charge on any atom is 0.405 e. The molecule has 3 heterocycles. The Hall–Kier alpha value is -3.52. The van der Waals surface area contributed by atoms with Gasteiger partial charge in [0.05, 0.1) is 5.69 Å². The molecule has 0 atom stereocenters. The van der Waals surface area contributed by atoms with Gasteiger partial charge in [-0.2, -0.15) is 18.2 Å². The van der Waals surface area contributed by atoms with Crippen molar-refractivity contribution in [3.8, 4) is 11.4 Å². The number of alkyl halides is 3. The van der Waals surface area contributed by atoms with E-state index in [9.17, 15) is 18.0 Å². The minimum absolute atomic E-state index is 0.170. The normalized spacial score (nSPS) is 13.9. The molecule has 0 fully saturated rings. The number of hydrogen-bond acceptors (Lipinski definition) is 7. The number of carbonyl (C=O) groups excluding carboxylic acids is 1. The first-order chi connectivity index (χ1) is 17.0. The molecule has 0 aliphatic carbocycles. The SMILES string of the molecule is C[Si](C)(C)CCOCn1cnc(-c2ccc(N3C(=O)NCc4cnc(NCC(F)(F)F)nc43)cc2)n1. The van der Waals surface area contributed by atoms with Crippen LogP contribution in [0.15, 0.2) is 36.8 Å². The molecule has 1 aliphatic heterocycles. The van der Waals surface area contributed by atoms with Gasteiger partial charge in [0.1, 0.15) is 19.6 Å². The van der Waals surface area contributed by atoms with Crippen LogP contribution in [0.3, 0.4) is 0 Å². The van der Waals surface area contributed by atoms with Crippen LogP contribution in [0.4, 0.5) is 35.4 Å². The van der Waals surface area contributed by atoms with Crippen molar-refractivity contribution in [2.45, 2.75) is 45.1 Å². The summed E-state index contributed by atoms with van der Waals surface area (Å²) in [6.07, 6.45) is -1.43. The number of urea groups is 1. The third-order valence-electron chi connectivity index (χ3n) is 5.27. The second-order valence-electron chi connectivity index (χ2n) is 9.51. The number of ether oxygens (including phenoxy) is 1. The Morgan fingerprint density at radius 3 is 2.61 bits per heavy atom. The molecule has 0 saturated heterocycles. The quantitative estimate of drug-likeness (QED) is 0.318. The molecule has 36 heavy (non-hydrogen) atoms. The van der Waals surface area contributed by atoms with Crippen LogP contribution in [-0.4, -0.2) is 58.2 Å². The van der Waals surface area contributed by atoms with Gasteiger partial charge < -0.3 is 15.4 Å². The Morgan fingerprint density at radius 2 is 1.92 bits per heavy atom. The van der Waals surface area contributed by atoms with Crippen LogP contribution in [0.1, 0.15) is 5.56 Å². The lowest BCUT2D eigenvalue weighted by atomic mass is 10.1. The molecule has 0 saturated carbocycles. The van der Waals surface area contributed by atoms with Gasteiger partial charge >= 0.3 is 12.2 Å². The van der Waals surface area contributed by atoms with Crippen molar-refractivity contribution in [1.82, 2.24) is 30.0 Å². The smallest absolute Gasteiger partial charge is 0.359 e. The average Bonchev–Trinajstić information content (AvgIpc) is 3.28. The summed E-state index contributed by atoms with van der Waals surface area (Å²) < 4.78 is 45.0. The summed E-state index contributed by atoms with van der Waals surface area (Å²) in [6, 6.07) is 7.52. The van der Waals surface area contributed by atoms with Gasteiger partial charge in [-0.1, -0.05) is 19.6 Å². The Balaban J connectivity index is 1.47. The number of aromatic nitrogens is 5. The lowest BCUT2D eigenvalue weighted by Gasteiger charge is -2.29. The van der Waals surface area contributed by atoms with Crippen molar-refractivity contribution in [2.24, 2.45) is 0 Å². The largest absolute Gasteiger partial charge is 0.405 e. The van der Waals surface area contributed by atoms with Gasteiger partial charge in [0.2, 0.25) is 5.95 Å². The highest BCUT2D eigenvalue weighted by Crippen LogP contribution is 2.31. The Morgan fingerprint density at radius 1 is 1.17 bits per heavy atom. The number of carbonyl (C=O) groups is 1. The molecular weight excluding hydrogens is 493 g/mol. The van der Waals surface area contributed by atoms with Gasteiger partial charge in [-0.05, 0) is 30.3 Å². The van der Waals surface area contributed by atoms with Crippen LogP contribution in [-0.2, 0) is 18.0 Å². The Bertz CT molecular complexity index is 1210. The van der Waals surface area contributed by atoms with Crippen molar-refractivity contribution >= 4 is 31.6 Å². The topological polar surface area (TPSA) is 110 Å². The number of anilines is 3. The zero-order chi connectivity index (χ0) is 25.9. The molecule has 0 bridgehead atoms. The second-order valence-corrected chi connectivity index (χ2v) is 15.1. The molecule has 192 valence electrons. The number of benzene rings is 1. The van der Waals surface area contributed by atoms with E-state index < -0.39 is 26.8 Å².